The summed E-state index contributed by atoms with van der Waals surface area (Å²) >= 11 is 0. The summed E-state index contributed by atoms with van der Waals surface area (Å²) in [4.78, 5) is 7.09. The van der Waals surface area contributed by atoms with Crippen LogP contribution in [0.15, 0.2) is 47.5 Å². The van der Waals surface area contributed by atoms with Gasteiger partial charge >= 0.3 is 0 Å². The van der Waals surface area contributed by atoms with Crippen molar-refractivity contribution in [1.29, 1.82) is 0 Å². The molecule has 0 aliphatic carbocycles. The molecule has 0 radical (unpaired) electrons. The number of hydrogen-bond acceptors (Lipinski definition) is 6. The van der Waals surface area contributed by atoms with Gasteiger partial charge < -0.3 is 29.6 Å². The molecule has 0 spiro atoms. The van der Waals surface area contributed by atoms with Crippen LogP contribution in [0.5, 0.6) is 17.2 Å². The Balaban J connectivity index is 0.00000306. The zero-order valence-corrected chi connectivity index (χ0v) is 21.4. The zero-order valence-electron chi connectivity index (χ0n) is 19.0. The highest BCUT2D eigenvalue weighted by Gasteiger charge is 2.13. The first-order chi connectivity index (χ1) is 15.8. The Morgan fingerprint density at radius 3 is 2.73 bits per heavy atom. The van der Waals surface area contributed by atoms with E-state index in [1.165, 1.54) is 0 Å². The second-order valence-electron chi connectivity index (χ2n) is 7.65. The summed E-state index contributed by atoms with van der Waals surface area (Å²) in [6.07, 6.45) is 0. The van der Waals surface area contributed by atoms with Crippen molar-refractivity contribution in [1.82, 2.24) is 15.5 Å². The quantitative estimate of drug-likeness (QED) is 0.274. The van der Waals surface area contributed by atoms with Crippen molar-refractivity contribution in [2.45, 2.75) is 20.0 Å². The first kappa shape index (κ1) is 25.4. The lowest BCUT2D eigenvalue weighted by atomic mass is 10.2. The van der Waals surface area contributed by atoms with E-state index in [1.54, 1.807) is 0 Å². The number of ether oxygens (including phenoxy) is 4. The van der Waals surface area contributed by atoms with Crippen LogP contribution in [0.1, 0.15) is 18.1 Å². The third-order valence-electron chi connectivity index (χ3n) is 5.39. The van der Waals surface area contributed by atoms with E-state index in [9.17, 15) is 0 Å². The van der Waals surface area contributed by atoms with Gasteiger partial charge in [-0.15, -0.1) is 24.0 Å². The van der Waals surface area contributed by atoms with Crippen molar-refractivity contribution in [3.63, 3.8) is 0 Å². The number of para-hydroxylation sites is 1. The fourth-order valence-electron chi connectivity index (χ4n) is 3.63. The van der Waals surface area contributed by atoms with E-state index in [0.29, 0.717) is 19.7 Å². The molecule has 4 rings (SSSR count). The number of morpholine rings is 1. The van der Waals surface area contributed by atoms with Gasteiger partial charge in [-0.1, -0.05) is 24.3 Å². The van der Waals surface area contributed by atoms with Gasteiger partial charge in [-0.05, 0) is 30.7 Å². The van der Waals surface area contributed by atoms with Gasteiger partial charge in [0, 0.05) is 38.3 Å². The van der Waals surface area contributed by atoms with Crippen molar-refractivity contribution in [3.05, 3.63) is 53.6 Å². The number of nitrogens with one attached hydrogen (secondary N) is 2. The van der Waals surface area contributed by atoms with E-state index in [0.717, 1.165) is 73.7 Å². The smallest absolute Gasteiger partial charge is 0.231 e. The molecule has 2 aromatic carbocycles. The van der Waals surface area contributed by atoms with E-state index in [2.05, 4.69) is 28.5 Å². The standard InChI is InChI=1S/C24H32N4O4.HI/c1-2-25-24(26-16-19-7-8-22-23(15-19)32-18-31-22)27-17-20-5-3-4-6-21(20)30-14-11-28-9-12-29-13-10-28;/h3-8,15H,2,9-14,16-18H2,1H3,(H2,25,26,27);1H. The summed E-state index contributed by atoms with van der Waals surface area (Å²) < 4.78 is 22.3. The first-order valence-corrected chi connectivity index (χ1v) is 11.2. The lowest BCUT2D eigenvalue weighted by Gasteiger charge is -2.26. The van der Waals surface area contributed by atoms with Crippen molar-refractivity contribution >= 4 is 29.9 Å². The topological polar surface area (TPSA) is 76.6 Å². The molecule has 2 heterocycles. The molecule has 0 atom stereocenters. The minimum atomic E-state index is 0. The van der Waals surface area contributed by atoms with E-state index in [1.807, 2.05) is 36.4 Å². The predicted octanol–water partition coefficient (Wildman–Crippen LogP) is 3.00. The summed E-state index contributed by atoms with van der Waals surface area (Å²) in [7, 11) is 0. The summed E-state index contributed by atoms with van der Waals surface area (Å²) in [5.74, 6) is 3.22. The molecule has 0 bridgehead atoms. The van der Waals surface area contributed by atoms with Gasteiger partial charge in [0.05, 0.1) is 19.8 Å². The maximum absolute atomic E-state index is 6.10. The number of rotatable bonds is 9. The van der Waals surface area contributed by atoms with Gasteiger partial charge in [-0.25, -0.2) is 4.99 Å². The van der Waals surface area contributed by atoms with Crippen LogP contribution in [-0.4, -0.2) is 63.7 Å². The average molecular weight is 568 g/mol. The molecule has 2 aliphatic heterocycles. The van der Waals surface area contributed by atoms with Crippen LogP contribution >= 0.6 is 24.0 Å². The van der Waals surface area contributed by atoms with Gasteiger partial charge in [-0.2, -0.15) is 0 Å². The number of benzene rings is 2. The third kappa shape index (κ3) is 7.65. The summed E-state index contributed by atoms with van der Waals surface area (Å²) in [6, 6.07) is 14.1. The number of fused-ring (bicyclic) bond motifs is 1. The molecule has 33 heavy (non-hydrogen) atoms. The van der Waals surface area contributed by atoms with Crippen LogP contribution in [0, 0.1) is 0 Å². The van der Waals surface area contributed by atoms with Crippen molar-refractivity contribution in [2.24, 2.45) is 4.99 Å². The molecule has 180 valence electrons. The highest BCUT2D eigenvalue weighted by molar-refractivity contribution is 14.0. The van der Waals surface area contributed by atoms with Gasteiger partial charge in [0.2, 0.25) is 6.79 Å². The molecule has 0 amide bonds. The summed E-state index contributed by atoms with van der Waals surface area (Å²) in [6.45, 7) is 9.41. The molecular formula is C24H33IN4O4. The van der Waals surface area contributed by atoms with Crippen molar-refractivity contribution < 1.29 is 18.9 Å². The van der Waals surface area contributed by atoms with Crippen molar-refractivity contribution in [3.8, 4) is 17.2 Å². The third-order valence-corrected chi connectivity index (χ3v) is 5.39. The number of aliphatic imine (C=N–C) groups is 1. The van der Waals surface area contributed by atoms with Crippen LogP contribution in [0.3, 0.4) is 0 Å². The predicted molar refractivity (Wildman–Crippen MR) is 139 cm³/mol. The van der Waals surface area contributed by atoms with Crippen LogP contribution in [-0.2, 0) is 17.8 Å². The van der Waals surface area contributed by atoms with Crippen molar-refractivity contribution in [2.75, 3.05) is 52.8 Å². The fourth-order valence-corrected chi connectivity index (χ4v) is 3.63. The monoisotopic (exact) mass is 568 g/mol. The molecule has 1 saturated heterocycles. The second-order valence-corrected chi connectivity index (χ2v) is 7.65. The number of guanidine groups is 1. The second kappa shape index (κ2) is 13.5. The van der Waals surface area contributed by atoms with Crippen LogP contribution < -0.4 is 24.8 Å². The van der Waals surface area contributed by atoms with Crippen LogP contribution in [0.2, 0.25) is 0 Å². The average Bonchev–Trinajstić information content (AvgIpc) is 3.30. The van der Waals surface area contributed by atoms with Crippen LogP contribution in [0.4, 0.5) is 0 Å². The molecule has 0 saturated carbocycles. The molecule has 2 N–H and O–H groups in total. The minimum Gasteiger partial charge on any atom is -0.492 e. The maximum atomic E-state index is 6.10. The molecular weight excluding hydrogens is 535 g/mol. The number of nitrogens with zero attached hydrogens (tertiary/aromatic N) is 2. The molecule has 0 unspecified atom stereocenters. The van der Waals surface area contributed by atoms with Gasteiger partial charge in [0.15, 0.2) is 17.5 Å². The van der Waals surface area contributed by atoms with E-state index in [4.69, 9.17) is 23.9 Å². The number of hydrogen-bond donors (Lipinski definition) is 2. The van der Waals surface area contributed by atoms with Crippen LogP contribution in [0.25, 0.3) is 0 Å². The van der Waals surface area contributed by atoms with Gasteiger partial charge in [-0.3, -0.25) is 4.90 Å². The molecule has 2 aromatic rings. The number of halogens is 1. The Morgan fingerprint density at radius 2 is 1.88 bits per heavy atom. The molecule has 0 aromatic heterocycles. The molecule has 8 nitrogen and oxygen atoms in total. The van der Waals surface area contributed by atoms with E-state index >= 15 is 0 Å². The Hall–Kier alpha value is -2.24. The SMILES string of the molecule is CCNC(=NCc1ccc2c(c1)OCO2)NCc1ccccc1OCCN1CCOCC1.I. The Kier molecular flexibility index (Phi) is 10.4. The normalized spacial score (nSPS) is 15.6. The zero-order chi connectivity index (χ0) is 22.0. The lowest BCUT2D eigenvalue weighted by molar-refractivity contribution is 0.0322. The largest absolute Gasteiger partial charge is 0.492 e. The van der Waals surface area contributed by atoms with Gasteiger partial charge in [0.25, 0.3) is 0 Å². The first-order valence-electron chi connectivity index (χ1n) is 11.2. The molecule has 9 heteroatoms. The Morgan fingerprint density at radius 1 is 1.06 bits per heavy atom. The lowest BCUT2D eigenvalue weighted by Crippen LogP contribution is -2.38. The Labute approximate surface area is 212 Å². The van der Waals surface area contributed by atoms with E-state index < -0.39 is 0 Å². The summed E-state index contributed by atoms with van der Waals surface area (Å²) in [5, 5.41) is 6.72. The summed E-state index contributed by atoms with van der Waals surface area (Å²) in [5.41, 5.74) is 2.17. The van der Waals surface area contributed by atoms with E-state index in [-0.39, 0.29) is 30.8 Å². The van der Waals surface area contributed by atoms with Gasteiger partial charge in [0.1, 0.15) is 12.4 Å². The highest BCUT2D eigenvalue weighted by atomic mass is 127. The fraction of sp³-hybridized carbons (Fsp3) is 0.458. The Bertz CT molecular complexity index is 906. The maximum Gasteiger partial charge on any atom is 0.231 e. The minimum absolute atomic E-state index is 0. The molecule has 1 fully saturated rings. The molecule has 2 aliphatic rings. The highest BCUT2D eigenvalue weighted by Crippen LogP contribution is 2.32.